The molecule has 0 aromatic heterocycles. The van der Waals surface area contributed by atoms with E-state index in [0.717, 1.165) is 26.1 Å². The van der Waals surface area contributed by atoms with E-state index in [1.165, 1.54) is 0 Å². The molecule has 2 rings (SSSR count). The summed E-state index contributed by atoms with van der Waals surface area (Å²) >= 11 is 0. The zero-order valence-corrected chi connectivity index (χ0v) is 10.9. The lowest BCUT2D eigenvalue weighted by Gasteiger charge is -2.22. The summed E-state index contributed by atoms with van der Waals surface area (Å²) in [7, 11) is 0. The first-order valence-electron chi connectivity index (χ1n) is 6.53. The molecule has 0 radical (unpaired) electrons. The summed E-state index contributed by atoms with van der Waals surface area (Å²) in [6.45, 7) is 5.83. The van der Waals surface area contributed by atoms with Gasteiger partial charge in [0, 0.05) is 19.8 Å². The van der Waals surface area contributed by atoms with Crippen molar-refractivity contribution in [1.82, 2.24) is 5.32 Å². The highest BCUT2D eigenvalue weighted by molar-refractivity contribution is 5.91. The fourth-order valence-corrected chi connectivity index (χ4v) is 2.89. The molecule has 2 N–H and O–H groups in total. The Bertz CT molecular complexity index is 347. The Kier molecular flexibility index (Phi) is 3.61. The maximum absolute atomic E-state index is 12.0. The van der Waals surface area contributed by atoms with Gasteiger partial charge in [-0.3, -0.25) is 9.59 Å². The second kappa shape index (κ2) is 4.88. The number of carboxylic acids is 1. The van der Waals surface area contributed by atoms with Gasteiger partial charge in [-0.15, -0.1) is 0 Å². The van der Waals surface area contributed by atoms with Gasteiger partial charge >= 0.3 is 5.97 Å². The summed E-state index contributed by atoms with van der Waals surface area (Å²) in [5.41, 5.74) is -0.411. The van der Waals surface area contributed by atoms with Crippen molar-refractivity contribution in [3.05, 3.63) is 0 Å². The molecular weight excluding hydrogens is 234 g/mol. The molecular formula is C13H21NO4. The molecule has 2 atom stereocenters. The molecule has 0 unspecified atom stereocenters. The van der Waals surface area contributed by atoms with Crippen molar-refractivity contribution >= 4 is 11.9 Å². The third-order valence-electron chi connectivity index (χ3n) is 4.28. The Labute approximate surface area is 107 Å². The van der Waals surface area contributed by atoms with Gasteiger partial charge in [-0.2, -0.15) is 0 Å². The summed E-state index contributed by atoms with van der Waals surface area (Å²) in [5.74, 6) is -1.43. The molecule has 0 aromatic rings. The minimum atomic E-state index is -0.869. The molecule has 0 bridgehead atoms. The normalized spacial score (nSPS) is 30.8. The number of rotatable bonds is 4. The number of ether oxygens (including phenoxy) is 1. The number of aliphatic carboxylic acids is 1. The number of amides is 1. The van der Waals surface area contributed by atoms with Gasteiger partial charge in [0.15, 0.2) is 0 Å². The molecule has 1 saturated carbocycles. The molecule has 1 aliphatic carbocycles. The molecule has 5 nitrogen and oxygen atoms in total. The van der Waals surface area contributed by atoms with E-state index in [1.807, 2.05) is 13.8 Å². The smallest absolute Gasteiger partial charge is 0.307 e. The lowest BCUT2D eigenvalue weighted by atomic mass is 10.0. The predicted octanol–water partition coefficient (Wildman–Crippen LogP) is 0.886. The average molecular weight is 255 g/mol. The molecule has 1 amide bonds. The summed E-state index contributed by atoms with van der Waals surface area (Å²) in [5, 5.41) is 11.9. The lowest BCUT2D eigenvalue weighted by molar-refractivity contribution is -0.140. The first kappa shape index (κ1) is 13.3. The van der Waals surface area contributed by atoms with Gasteiger partial charge in [0.1, 0.15) is 0 Å². The summed E-state index contributed by atoms with van der Waals surface area (Å²) < 4.78 is 5.26. The van der Waals surface area contributed by atoms with Crippen LogP contribution >= 0.6 is 0 Å². The maximum Gasteiger partial charge on any atom is 0.307 e. The van der Waals surface area contributed by atoms with E-state index in [-0.39, 0.29) is 11.8 Å². The highest BCUT2D eigenvalue weighted by atomic mass is 16.5. The standard InChI is InChI=1S/C13H21NO4/c1-13(2)9(10(13)12(16)17)11(15)14-7-8-3-5-18-6-4-8/h8-10H,3-7H2,1-2H3,(H,14,15)(H,16,17)/t9-,10+/m1/s1. The summed E-state index contributed by atoms with van der Waals surface area (Å²) in [4.78, 5) is 23.0. The number of carbonyl (C=O) groups is 2. The van der Waals surface area contributed by atoms with E-state index < -0.39 is 17.3 Å². The van der Waals surface area contributed by atoms with Gasteiger partial charge in [0.2, 0.25) is 5.91 Å². The number of carboxylic acid groups (broad SMARTS) is 1. The van der Waals surface area contributed by atoms with Crippen LogP contribution < -0.4 is 5.32 Å². The van der Waals surface area contributed by atoms with Crippen molar-refractivity contribution in [1.29, 1.82) is 0 Å². The third-order valence-corrected chi connectivity index (χ3v) is 4.28. The van der Waals surface area contributed by atoms with E-state index in [9.17, 15) is 9.59 Å². The number of hydrogen-bond donors (Lipinski definition) is 2. The van der Waals surface area contributed by atoms with Crippen LogP contribution in [0.15, 0.2) is 0 Å². The average Bonchev–Trinajstić information content (AvgIpc) is 2.91. The van der Waals surface area contributed by atoms with Crippen LogP contribution in [-0.2, 0) is 14.3 Å². The van der Waals surface area contributed by atoms with Gasteiger partial charge in [0.05, 0.1) is 11.8 Å². The molecule has 0 aromatic carbocycles. The second-order valence-corrected chi connectivity index (χ2v) is 5.92. The topological polar surface area (TPSA) is 75.6 Å². The molecule has 5 heteroatoms. The van der Waals surface area contributed by atoms with Gasteiger partial charge in [-0.05, 0) is 24.2 Å². The largest absolute Gasteiger partial charge is 0.481 e. The van der Waals surface area contributed by atoms with Gasteiger partial charge in [-0.1, -0.05) is 13.8 Å². The Balaban J connectivity index is 1.80. The minimum absolute atomic E-state index is 0.112. The van der Waals surface area contributed by atoms with Crippen LogP contribution in [0.3, 0.4) is 0 Å². The number of nitrogens with one attached hydrogen (secondary N) is 1. The van der Waals surface area contributed by atoms with Crippen molar-refractivity contribution in [2.24, 2.45) is 23.2 Å². The zero-order valence-electron chi connectivity index (χ0n) is 10.9. The maximum atomic E-state index is 12.0. The zero-order chi connectivity index (χ0) is 13.3. The Morgan fingerprint density at radius 2 is 1.89 bits per heavy atom. The Hall–Kier alpha value is -1.10. The van der Waals surface area contributed by atoms with Crippen molar-refractivity contribution in [2.45, 2.75) is 26.7 Å². The highest BCUT2D eigenvalue weighted by Crippen LogP contribution is 2.58. The Morgan fingerprint density at radius 3 is 2.39 bits per heavy atom. The van der Waals surface area contributed by atoms with Crippen LogP contribution in [0.4, 0.5) is 0 Å². The van der Waals surface area contributed by atoms with Crippen LogP contribution in [0.5, 0.6) is 0 Å². The van der Waals surface area contributed by atoms with Crippen LogP contribution in [-0.4, -0.2) is 36.7 Å². The first-order chi connectivity index (χ1) is 8.44. The van der Waals surface area contributed by atoms with Crippen LogP contribution in [0.1, 0.15) is 26.7 Å². The molecule has 1 heterocycles. The van der Waals surface area contributed by atoms with Crippen molar-refractivity contribution in [3.63, 3.8) is 0 Å². The first-order valence-corrected chi connectivity index (χ1v) is 6.53. The molecule has 2 fully saturated rings. The molecule has 2 aliphatic rings. The lowest BCUT2D eigenvalue weighted by Crippen LogP contribution is -2.34. The van der Waals surface area contributed by atoms with Gasteiger partial charge in [-0.25, -0.2) is 0 Å². The quantitative estimate of drug-likeness (QED) is 0.782. The van der Waals surface area contributed by atoms with Crippen LogP contribution in [0.2, 0.25) is 0 Å². The minimum Gasteiger partial charge on any atom is -0.481 e. The van der Waals surface area contributed by atoms with E-state index in [0.29, 0.717) is 12.5 Å². The molecule has 0 spiro atoms. The summed E-state index contributed by atoms with van der Waals surface area (Å²) in [6, 6.07) is 0. The fraction of sp³-hybridized carbons (Fsp3) is 0.846. The summed E-state index contributed by atoms with van der Waals surface area (Å²) in [6.07, 6.45) is 1.94. The SMILES string of the molecule is CC1(C)[C@H](C(=O)O)[C@@H]1C(=O)NCC1CCOCC1. The molecule has 102 valence electrons. The van der Waals surface area contributed by atoms with Gasteiger partial charge < -0.3 is 15.2 Å². The van der Waals surface area contributed by atoms with Crippen molar-refractivity contribution in [3.8, 4) is 0 Å². The van der Waals surface area contributed by atoms with E-state index >= 15 is 0 Å². The van der Waals surface area contributed by atoms with E-state index in [1.54, 1.807) is 0 Å². The molecule has 1 aliphatic heterocycles. The van der Waals surface area contributed by atoms with Crippen molar-refractivity contribution in [2.75, 3.05) is 19.8 Å². The second-order valence-electron chi connectivity index (χ2n) is 5.92. The highest BCUT2D eigenvalue weighted by Gasteiger charge is 2.65. The van der Waals surface area contributed by atoms with Crippen molar-refractivity contribution < 1.29 is 19.4 Å². The molecule has 18 heavy (non-hydrogen) atoms. The van der Waals surface area contributed by atoms with Gasteiger partial charge in [0.25, 0.3) is 0 Å². The molecule has 1 saturated heterocycles. The number of hydrogen-bond acceptors (Lipinski definition) is 3. The van der Waals surface area contributed by atoms with E-state index in [4.69, 9.17) is 9.84 Å². The monoisotopic (exact) mass is 255 g/mol. The number of carbonyl (C=O) groups excluding carboxylic acids is 1. The Morgan fingerprint density at radius 1 is 1.28 bits per heavy atom. The van der Waals surface area contributed by atoms with Crippen LogP contribution in [0, 0.1) is 23.2 Å². The predicted molar refractivity (Wildman–Crippen MR) is 64.9 cm³/mol. The van der Waals surface area contributed by atoms with E-state index in [2.05, 4.69) is 5.32 Å². The third kappa shape index (κ3) is 2.51. The fourth-order valence-electron chi connectivity index (χ4n) is 2.89. The van der Waals surface area contributed by atoms with Crippen LogP contribution in [0.25, 0.3) is 0 Å².